The minimum Gasteiger partial charge on any atom is -0.324 e. The second-order valence-corrected chi connectivity index (χ2v) is 6.18. The average molecular weight is 257 g/mol. The maximum atomic E-state index is 6.41. The Morgan fingerprint density at radius 1 is 1.17 bits per heavy atom. The van der Waals surface area contributed by atoms with E-state index in [4.69, 9.17) is 5.73 Å². The highest BCUT2D eigenvalue weighted by Gasteiger charge is 2.23. The summed E-state index contributed by atoms with van der Waals surface area (Å²) in [4.78, 5) is 1.38. The molecule has 1 atom stereocenters. The number of hydrogen-bond acceptors (Lipinski definition) is 2. The van der Waals surface area contributed by atoms with Gasteiger partial charge in [0.25, 0.3) is 0 Å². The second-order valence-electron chi connectivity index (χ2n) is 5.15. The molecule has 0 amide bonds. The van der Waals surface area contributed by atoms with Crippen molar-refractivity contribution >= 4 is 11.3 Å². The van der Waals surface area contributed by atoms with Gasteiger partial charge in [-0.15, -0.1) is 11.3 Å². The fourth-order valence-electron chi connectivity index (χ4n) is 2.70. The molecular weight excluding hydrogens is 238 g/mol. The van der Waals surface area contributed by atoms with Crippen LogP contribution in [-0.2, 0) is 6.42 Å². The van der Waals surface area contributed by atoms with Crippen molar-refractivity contribution in [3.63, 3.8) is 0 Å². The third kappa shape index (κ3) is 2.36. The molecule has 1 heterocycles. The first-order valence-electron chi connectivity index (χ1n) is 6.71. The molecule has 1 nitrogen and oxygen atoms in total. The van der Waals surface area contributed by atoms with Crippen molar-refractivity contribution in [2.75, 3.05) is 0 Å². The molecule has 0 spiro atoms. The highest BCUT2D eigenvalue weighted by atomic mass is 32.1. The van der Waals surface area contributed by atoms with E-state index in [1.807, 2.05) is 0 Å². The quantitative estimate of drug-likeness (QED) is 0.870. The molecule has 1 aliphatic rings. The molecule has 1 aromatic carbocycles. The lowest BCUT2D eigenvalue weighted by atomic mass is 9.77. The molecule has 2 N–H and O–H groups in total. The van der Waals surface area contributed by atoms with Crippen LogP contribution in [0.15, 0.2) is 41.8 Å². The van der Waals surface area contributed by atoms with E-state index in [0.717, 1.165) is 12.3 Å². The lowest BCUT2D eigenvalue weighted by molar-refractivity contribution is 0.415. The van der Waals surface area contributed by atoms with Crippen molar-refractivity contribution in [3.05, 3.63) is 57.8 Å². The molecule has 1 aromatic heterocycles. The predicted molar refractivity (Wildman–Crippen MR) is 78.0 cm³/mol. The van der Waals surface area contributed by atoms with Gasteiger partial charge in [-0.3, -0.25) is 0 Å². The van der Waals surface area contributed by atoms with Gasteiger partial charge in [-0.1, -0.05) is 36.8 Å². The Balaban J connectivity index is 1.82. The molecular formula is C16H19NS. The average Bonchev–Trinajstić information content (AvgIpc) is 2.80. The Hall–Kier alpha value is -1.12. The van der Waals surface area contributed by atoms with Crippen molar-refractivity contribution in [1.82, 2.24) is 0 Å². The number of thiophene rings is 1. The summed E-state index contributed by atoms with van der Waals surface area (Å²) in [7, 11) is 0. The molecule has 1 fully saturated rings. The Labute approximate surface area is 113 Å². The fraction of sp³-hybridized carbons (Fsp3) is 0.375. The maximum Gasteiger partial charge on any atom is 0.0346 e. The monoisotopic (exact) mass is 257 g/mol. The summed E-state index contributed by atoms with van der Waals surface area (Å²) in [6.45, 7) is 0. The first-order valence-corrected chi connectivity index (χ1v) is 7.59. The number of benzene rings is 1. The van der Waals surface area contributed by atoms with E-state index in [1.54, 1.807) is 11.3 Å². The third-order valence-electron chi connectivity index (χ3n) is 3.94. The zero-order valence-corrected chi connectivity index (χ0v) is 11.3. The minimum atomic E-state index is 0.139. The standard InChI is InChI=1S/C16H19NS/c17-16(11-13-7-4-10-18-13)15-9-2-1-8-14(15)12-5-3-6-12/h1-2,4,7-10,12,16H,3,5-6,11,17H2. The highest BCUT2D eigenvalue weighted by Crippen LogP contribution is 2.39. The molecule has 18 heavy (non-hydrogen) atoms. The molecule has 0 aliphatic heterocycles. The van der Waals surface area contributed by atoms with Crippen LogP contribution in [-0.4, -0.2) is 0 Å². The highest BCUT2D eigenvalue weighted by molar-refractivity contribution is 7.09. The van der Waals surface area contributed by atoms with Gasteiger partial charge in [-0.2, -0.15) is 0 Å². The van der Waals surface area contributed by atoms with Crippen molar-refractivity contribution in [2.45, 2.75) is 37.6 Å². The van der Waals surface area contributed by atoms with E-state index in [1.165, 1.54) is 35.3 Å². The Morgan fingerprint density at radius 2 is 2.00 bits per heavy atom. The van der Waals surface area contributed by atoms with Gasteiger partial charge in [-0.25, -0.2) is 0 Å². The van der Waals surface area contributed by atoms with Crippen LogP contribution < -0.4 is 5.73 Å². The number of nitrogens with two attached hydrogens (primary N) is 1. The summed E-state index contributed by atoms with van der Waals surface area (Å²) in [6, 6.07) is 13.2. The van der Waals surface area contributed by atoms with Gasteiger partial charge in [-0.05, 0) is 41.3 Å². The van der Waals surface area contributed by atoms with Gasteiger partial charge in [0.15, 0.2) is 0 Å². The second kappa shape index (κ2) is 5.25. The molecule has 94 valence electrons. The summed E-state index contributed by atoms with van der Waals surface area (Å²) in [5.74, 6) is 0.760. The molecule has 3 rings (SSSR count). The van der Waals surface area contributed by atoms with Gasteiger partial charge in [0.2, 0.25) is 0 Å². The van der Waals surface area contributed by atoms with Gasteiger partial charge >= 0.3 is 0 Å². The molecule has 1 aliphatic carbocycles. The first-order chi connectivity index (χ1) is 8.84. The molecule has 0 saturated heterocycles. The molecule has 2 aromatic rings. The molecule has 0 bridgehead atoms. The van der Waals surface area contributed by atoms with E-state index in [-0.39, 0.29) is 6.04 Å². The molecule has 1 unspecified atom stereocenters. The van der Waals surface area contributed by atoms with E-state index >= 15 is 0 Å². The Bertz CT molecular complexity index is 500. The van der Waals surface area contributed by atoms with Crippen LogP contribution in [0.4, 0.5) is 0 Å². The summed E-state index contributed by atoms with van der Waals surface area (Å²) in [5.41, 5.74) is 9.26. The van der Waals surface area contributed by atoms with Crippen LogP contribution in [0.2, 0.25) is 0 Å². The van der Waals surface area contributed by atoms with Crippen molar-refractivity contribution in [3.8, 4) is 0 Å². The lowest BCUT2D eigenvalue weighted by Gasteiger charge is -2.29. The van der Waals surface area contributed by atoms with Crippen molar-refractivity contribution < 1.29 is 0 Å². The van der Waals surface area contributed by atoms with Crippen molar-refractivity contribution in [1.29, 1.82) is 0 Å². The minimum absolute atomic E-state index is 0.139. The van der Waals surface area contributed by atoms with E-state index in [2.05, 4.69) is 41.8 Å². The van der Waals surface area contributed by atoms with Gasteiger partial charge in [0, 0.05) is 17.3 Å². The zero-order valence-electron chi connectivity index (χ0n) is 10.5. The van der Waals surface area contributed by atoms with Crippen molar-refractivity contribution in [2.24, 2.45) is 5.73 Å². The number of hydrogen-bond donors (Lipinski definition) is 1. The normalized spacial score (nSPS) is 17.4. The van der Waals surface area contributed by atoms with Gasteiger partial charge in [0.1, 0.15) is 0 Å². The van der Waals surface area contributed by atoms with Crippen LogP contribution in [0.25, 0.3) is 0 Å². The van der Waals surface area contributed by atoms with Crippen LogP contribution in [0.3, 0.4) is 0 Å². The Kier molecular flexibility index (Phi) is 3.48. The first kappa shape index (κ1) is 11.9. The summed E-state index contributed by atoms with van der Waals surface area (Å²) in [5, 5.41) is 2.12. The third-order valence-corrected chi connectivity index (χ3v) is 4.84. The fourth-order valence-corrected chi connectivity index (χ4v) is 3.46. The van der Waals surface area contributed by atoms with Crippen LogP contribution in [0.1, 0.15) is 47.2 Å². The predicted octanol–water partition coefficient (Wildman–Crippen LogP) is 4.26. The SMILES string of the molecule is NC(Cc1cccs1)c1ccccc1C1CCC1. The van der Waals surface area contributed by atoms with Crippen LogP contribution in [0, 0.1) is 0 Å². The topological polar surface area (TPSA) is 26.0 Å². The molecule has 2 heteroatoms. The Morgan fingerprint density at radius 3 is 2.67 bits per heavy atom. The van der Waals surface area contributed by atoms with E-state index in [9.17, 15) is 0 Å². The number of rotatable bonds is 4. The van der Waals surface area contributed by atoms with Crippen LogP contribution >= 0.6 is 11.3 Å². The summed E-state index contributed by atoms with van der Waals surface area (Å²) >= 11 is 1.80. The lowest BCUT2D eigenvalue weighted by Crippen LogP contribution is -2.18. The zero-order chi connectivity index (χ0) is 12.4. The maximum absolute atomic E-state index is 6.41. The largest absolute Gasteiger partial charge is 0.324 e. The van der Waals surface area contributed by atoms with E-state index < -0.39 is 0 Å². The van der Waals surface area contributed by atoms with Gasteiger partial charge < -0.3 is 5.73 Å². The molecule has 1 saturated carbocycles. The summed E-state index contributed by atoms with van der Waals surface area (Å²) < 4.78 is 0. The van der Waals surface area contributed by atoms with E-state index in [0.29, 0.717) is 0 Å². The summed E-state index contributed by atoms with van der Waals surface area (Å²) in [6.07, 6.45) is 5.01. The van der Waals surface area contributed by atoms with Gasteiger partial charge in [0.05, 0.1) is 0 Å². The smallest absolute Gasteiger partial charge is 0.0346 e. The van der Waals surface area contributed by atoms with Crippen LogP contribution in [0.5, 0.6) is 0 Å². The molecule has 0 radical (unpaired) electrons.